The molecule has 4 heteroatoms. The van der Waals surface area contributed by atoms with Gasteiger partial charge in [-0.1, -0.05) is 6.92 Å². The highest BCUT2D eigenvalue weighted by Gasteiger charge is 2.39. The first-order chi connectivity index (χ1) is 9.36. The fraction of sp³-hybridized carbons (Fsp3) is 0.800. The minimum absolute atomic E-state index is 0.762. The Bertz CT molecular complexity index is 362. The number of hydrogen-bond acceptors (Lipinski definition) is 3. The highest BCUT2D eigenvalue weighted by Crippen LogP contribution is 2.35. The van der Waals surface area contributed by atoms with Crippen molar-refractivity contribution in [2.75, 3.05) is 13.1 Å². The molecule has 0 radical (unpaired) electrons. The van der Waals surface area contributed by atoms with E-state index in [9.17, 15) is 0 Å². The fourth-order valence-corrected chi connectivity index (χ4v) is 3.81. The van der Waals surface area contributed by atoms with E-state index in [0.717, 1.165) is 31.2 Å². The zero-order valence-corrected chi connectivity index (χ0v) is 12.0. The van der Waals surface area contributed by atoms with E-state index in [2.05, 4.69) is 33.1 Å². The molecule has 0 aromatic carbocycles. The van der Waals surface area contributed by atoms with Crippen molar-refractivity contribution in [3.63, 3.8) is 0 Å². The molecule has 2 aliphatic rings. The van der Waals surface area contributed by atoms with Gasteiger partial charge in [0.05, 0.1) is 6.54 Å². The summed E-state index contributed by atoms with van der Waals surface area (Å²) in [6.07, 6.45) is 10.7. The molecule has 0 saturated carbocycles. The Labute approximate surface area is 116 Å². The molecule has 2 atom stereocenters. The minimum atomic E-state index is 0.762. The summed E-state index contributed by atoms with van der Waals surface area (Å²) in [7, 11) is 0. The van der Waals surface area contributed by atoms with Crippen LogP contribution in [0.5, 0.6) is 0 Å². The number of fused-ring (bicyclic) bond motifs is 2. The van der Waals surface area contributed by atoms with E-state index >= 15 is 0 Å². The Balaban J connectivity index is 1.51. The molecule has 3 heterocycles. The van der Waals surface area contributed by atoms with E-state index in [1.54, 1.807) is 0 Å². The topological polar surface area (TPSA) is 33.1 Å². The second-order valence-corrected chi connectivity index (χ2v) is 6.01. The molecule has 19 heavy (non-hydrogen) atoms. The van der Waals surface area contributed by atoms with Crippen LogP contribution in [-0.2, 0) is 6.54 Å². The zero-order chi connectivity index (χ0) is 13.1. The Morgan fingerprint density at radius 1 is 1.21 bits per heavy atom. The molecule has 106 valence electrons. The number of rotatable bonds is 6. The first-order valence-electron chi connectivity index (χ1n) is 7.83. The number of hydrogen-bond donors (Lipinski definition) is 1. The second-order valence-electron chi connectivity index (χ2n) is 6.01. The predicted octanol–water partition coefficient (Wildman–Crippen LogP) is 1.88. The highest BCUT2D eigenvalue weighted by atomic mass is 15.3. The Morgan fingerprint density at radius 3 is 2.63 bits per heavy atom. The molecule has 0 spiro atoms. The van der Waals surface area contributed by atoms with Gasteiger partial charge in [-0.05, 0) is 44.7 Å². The lowest BCUT2D eigenvalue weighted by Gasteiger charge is -2.39. The van der Waals surface area contributed by atoms with Crippen LogP contribution >= 0.6 is 0 Å². The molecule has 2 fully saturated rings. The molecule has 2 aliphatic heterocycles. The van der Waals surface area contributed by atoms with E-state index in [4.69, 9.17) is 0 Å². The van der Waals surface area contributed by atoms with Gasteiger partial charge in [0, 0.05) is 37.1 Å². The first-order valence-corrected chi connectivity index (χ1v) is 7.83. The van der Waals surface area contributed by atoms with Crippen molar-refractivity contribution in [3.05, 3.63) is 18.5 Å². The van der Waals surface area contributed by atoms with Gasteiger partial charge in [0.1, 0.15) is 0 Å². The summed E-state index contributed by atoms with van der Waals surface area (Å²) in [6.45, 7) is 5.63. The van der Waals surface area contributed by atoms with Crippen molar-refractivity contribution < 1.29 is 0 Å². The standard InChI is InChI=1S/C15H26N4/c1-2-6-16-13-11-14-4-5-15(12-13)19(14)10-9-18-8-3-7-17-18/h3,7-8,13-16H,2,4-6,9-12H2,1H3. The summed E-state index contributed by atoms with van der Waals surface area (Å²) < 4.78 is 2.06. The Morgan fingerprint density at radius 2 is 2.00 bits per heavy atom. The molecule has 1 N–H and O–H groups in total. The van der Waals surface area contributed by atoms with Gasteiger partial charge in [-0.25, -0.2) is 0 Å². The van der Waals surface area contributed by atoms with Crippen molar-refractivity contribution in [1.29, 1.82) is 0 Å². The number of nitrogens with zero attached hydrogens (tertiary/aromatic N) is 3. The number of piperidine rings is 1. The van der Waals surface area contributed by atoms with Crippen LogP contribution in [0.25, 0.3) is 0 Å². The van der Waals surface area contributed by atoms with Crippen molar-refractivity contribution in [3.8, 4) is 0 Å². The lowest BCUT2D eigenvalue weighted by molar-refractivity contribution is 0.111. The summed E-state index contributed by atoms with van der Waals surface area (Å²) in [6, 6.07) is 4.39. The summed E-state index contributed by atoms with van der Waals surface area (Å²) in [5.41, 5.74) is 0. The van der Waals surface area contributed by atoms with Crippen LogP contribution in [0.1, 0.15) is 39.0 Å². The molecule has 4 nitrogen and oxygen atoms in total. The third-order valence-electron chi connectivity index (χ3n) is 4.71. The van der Waals surface area contributed by atoms with Gasteiger partial charge >= 0.3 is 0 Å². The lowest BCUT2D eigenvalue weighted by Crippen LogP contribution is -2.50. The molecule has 1 aromatic rings. The van der Waals surface area contributed by atoms with E-state index in [-0.39, 0.29) is 0 Å². The van der Waals surface area contributed by atoms with Crippen LogP contribution in [0.2, 0.25) is 0 Å². The molecule has 3 rings (SSSR count). The molecule has 2 bridgehead atoms. The van der Waals surface area contributed by atoms with Gasteiger partial charge in [-0.2, -0.15) is 5.10 Å². The molecule has 2 saturated heterocycles. The largest absolute Gasteiger partial charge is 0.314 e. The van der Waals surface area contributed by atoms with Gasteiger partial charge in [0.2, 0.25) is 0 Å². The summed E-state index contributed by atoms with van der Waals surface area (Å²) in [4.78, 5) is 2.74. The summed E-state index contributed by atoms with van der Waals surface area (Å²) in [5.74, 6) is 0. The van der Waals surface area contributed by atoms with Gasteiger partial charge in [0.15, 0.2) is 0 Å². The third kappa shape index (κ3) is 3.00. The Hall–Kier alpha value is -0.870. The maximum absolute atomic E-state index is 4.30. The van der Waals surface area contributed by atoms with Crippen LogP contribution in [0.4, 0.5) is 0 Å². The van der Waals surface area contributed by atoms with Crippen molar-refractivity contribution in [2.24, 2.45) is 0 Å². The number of nitrogens with one attached hydrogen (secondary N) is 1. The minimum Gasteiger partial charge on any atom is -0.314 e. The predicted molar refractivity (Wildman–Crippen MR) is 77.1 cm³/mol. The van der Waals surface area contributed by atoms with Gasteiger partial charge < -0.3 is 5.32 Å². The SMILES string of the molecule is CCCNC1CC2CCC(C1)N2CCn1cccn1. The van der Waals surface area contributed by atoms with Crippen molar-refractivity contribution in [2.45, 2.75) is 63.7 Å². The van der Waals surface area contributed by atoms with Gasteiger partial charge in [-0.3, -0.25) is 9.58 Å². The summed E-state index contributed by atoms with van der Waals surface area (Å²) in [5, 5.41) is 8.02. The molecule has 2 unspecified atom stereocenters. The van der Waals surface area contributed by atoms with E-state index in [0.29, 0.717) is 0 Å². The Kier molecular flexibility index (Phi) is 4.18. The van der Waals surface area contributed by atoms with Crippen LogP contribution in [0.15, 0.2) is 18.5 Å². The average Bonchev–Trinajstić information content (AvgIpc) is 3.01. The van der Waals surface area contributed by atoms with Crippen LogP contribution in [0, 0.1) is 0 Å². The number of aromatic nitrogens is 2. The van der Waals surface area contributed by atoms with Gasteiger partial charge in [0.25, 0.3) is 0 Å². The highest BCUT2D eigenvalue weighted by molar-refractivity contribution is 4.97. The third-order valence-corrected chi connectivity index (χ3v) is 4.71. The normalized spacial score (nSPS) is 30.9. The van der Waals surface area contributed by atoms with E-state index in [1.165, 1.54) is 38.6 Å². The molecular weight excluding hydrogens is 236 g/mol. The van der Waals surface area contributed by atoms with Gasteiger partial charge in [-0.15, -0.1) is 0 Å². The molecule has 0 aliphatic carbocycles. The smallest absolute Gasteiger partial charge is 0.0536 e. The van der Waals surface area contributed by atoms with Crippen molar-refractivity contribution >= 4 is 0 Å². The maximum atomic E-state index is 4.30. The quantitative estimate of drug-likeness (QED) is 0.850. The maximum Gasteiger partial charge on any atom is 0.0536 e. The van der Waals surface area contributed by atoms with Crippen LogP contribution in [0.3, 0.4) is 0 Å². The molecular formula is C15H26N4. The fourth-order valence-electron chi connectivity index (χ4n) is 3.81. The summed E-state index contributed by atoms with van der Waals surface area (Å²) >= 11 is 0. The lowest BCUT2D eigenvalue weighted by atomic mass is 9.97. The van der Waals surface area contributed by atoms with E-state index < -0.39 is 0 Å². The monoisotopic (exact) mass is 262 g/mol. The molecule has 0 amide bonds. The van der Waals surface area contributed by atoms with Crippen LogP contribution < -0.4 is 5.32 Å². The zero-order valence-electron chi connectivity index (χ0n) is 12.0. The second kappa shape index (κ2) is 6.06. The van der Waals surface area contributed by atoms with Crippen molar-refractivity contribution in [1.82, 2.24) is 20.0 Å². The first kappa shape index (κ1) is 13.1. The average molecular weight is 262 g/mol. The molecule has 1 aromatic heterocycles. The van der Waals surface area contributed by atoms with E-state index in [1.807, 2.05) is 12.3 Å². The van der Waals surface area contributed by atoms with Crippen LogP contribution in [-0.4, -0.2) is 45.9 Å².